The summed E-state index contributed by atoms with van der Waals surface area (Å²) in [6, 6.07) is 46.3. The van der Waals surface area contributed by atoms with Crippen molar-refractivity contribution in [2.75, 3.05) is 20.2 Å². The Kier molecular flexibility index (Phi) is 8.90. The molecule has 0 aliphatic carbocycles. The number of piperidine rings is 3. The van der Waals surface area contributed by atoms with Crippen LogP contribution >= 0.6 is 0 Å². The summed E-state index contributed by atoms with van der Waals surface area (Å²) in [5, 5.41) is 21.7. The van der Waals surface area contributed by atoms with Gasteiger partial charge in [0.15, 0.2) is 0 Å². The molecule has 8 aromatic rings. The standard InChI is InChI=1S/C28H18O.C20H26N2O2/c1-3-11-21-19(9-1)17-27(25-15-7-5-13-23(21)25)29-28-18-20-10-2-4-12-22(20)24-14-6-8-16-26(24)28;1-3-13-12-22-9-7-14(13)10-19(22)20(23)16-6-8-21-18-5-4-15(24-2)11-17(16)18/h1-18H;4-6,8,11,13-14,19-20,23H,3,7,9-10,12H2,1-2H3/t;13-,14-,19+,20-/m.0/s1. The molecule has 2 bridgehead atoms. The van der Waals surface area contributed by atoms with E-state index in [0.29, 0.717) is 0 Å². The summed E-state index contributed by atoms with van der Waals surface area (Å²) in [4.78, 5) is 6.94. The van der Waals surface area contributed by atoms with E-state index in [0.717, 1.165) is 75.8 Å². The predicted molar refractivity (Wildman–Crippen MR) is 218 cm³/mol. The van der Waals surface area contributed by atoms with Gasteiger partial charge in [0.2, 0.25) is 0 Å². The number of fused-ring (bicyclic) bond motifs is 10. The summed E-state index contributed by atoms with van der Waals surface area (Å²) in [5.74, 6) is 4.15. The van der Waals surface area contributed by atoms with Gasteiger partial charge in [-0.1, -0.05) is 110 Å². The molecule has 3 fully saturated rings. The molecule has 11 rings (SSSR count). The van der Waals surface area contributed by atoms with Crippen LogP contribution in [0.25, 0.3) is 54.0 Å². The topological polar surface area (TPSA) is 54.8 Å². The van der Waals surface area contributed by atoms with Gasteiger partial charge in [0.1, 0.15) is 17.2 Å². The van der Waals surface area contributed by atoms with Crippen molar-refractivity contribution in [3.63, 3.8) is 0 Å². The van der Waals surface area contributed by atoms with Crippen LogP contribution in [0.4, 0.5) is 0 Å². The lowest BCUT2D eigenvalue weighted by atomic mass is 9.72. The van der Waals surface area contributed by atoms with Gasteiger partial charge in [0, 0.05) is 34.9 Å². The van der Waals surface area contributed by atoms with Crippen LogP contribution in [0.3, 0.4) is 0 Å². The molecule has 0 radical (unpaired) electrons. The molecule has 0 spiro atoms. The first kappa shape index (κ1) is 33.4. The summed E-state index contributed by atoms with van der Waals surface area (Å²) in [7, 11) is 1.67. The van der Waals surface area contributed by atoms with Crippen molar-refractivity contribution in [2.45, 2.75) is 38.3 Å². The van der Waals surface area contributed by atoms with E-state index in [1.807, 2.05) is 24.3 Å². The van der Waals surface area contributed by atoms with E-state index < -0.39 is 6.10 Å². The highest BCUT2D eigenvalue weighted by atomic mass is 16.5. The second-order valence-corrected chi connectivity index (χ2v) is 14.6. The zero-order chi connectivity index (χ0) is 35.9. The summed E-state index contributed by atoms with van der Waals surface area (Å²) in [6.07, 6.45) is 4.97. The third-order valence-corrected chi connectivity index (χ3v) is 11.8. The maximum absolute atomic E-state index is 11.2. The van der Waals surface area contributed by atoms with Crippen molar-refractivity contribution < 1.29 is 14.6 Å². The first-order valence-corrected chi connectivity index (χ1v) is 18.9. The van der Waals surface area contributed by atoms with E-state index >= 15 is 0 Å². The number of nitrogens with zero attached hydrogens (tertiary/aromatic N) is 2. The summed E-state index contributed by atoms with van der Waals surface area (Å²) in [5.41, 5.74) is 1.89. The van der Waals surface area contributed by atoms with Crippen LogP contribution in [0.15, 0.2) is 140 Å². The number of hydrogen-bond acceptors (Lipinski definition) is 5. The number of methoxy groups -OCH3 is 1. The van der Waals surface area contributed by atoms with E-state index in [1.165, 1.54) is 45.2 Å². The van der Waals surface area contributed by atoms with Gasteiger partial charge in [-0.15, -0.1) is 0 Å². The van der Waals surface area contributed by atoms with Crippen molar-refractivity contribution >= 4 is 54.0 Å². The van der Waals surface area contributed by atoms with Gasteiger partial charge in [-0.05, 0) is 106 Å². The molecule has 3 saturated heterocycles. The maximum atomic E-state index is 11.2. The Balaban J connectivity index is 0.000000143. The van der Waals surface area contributed by atoms with Crippen LogP contribution in [0, 0.1) is 11.8 Å². The zero-order valence-corrected chi connectivity index (χ0v) is 30.3. The highest BCUT2D eigenvalue weighted by Crippen LogP contribution is 2.43. The number of aliphatic hydroxyl groups is 1. The molecule has 1 N–H and O–H groups in total. The lowest BCUT2D eigenvalue weighted by molar-refractivity contribution is -0.0562. The number of aromatic nitrogens is 1. The van der Waals surface area contributed by atoms with Crippen molar-refractivity contribution in [1.82, 2.24) is 9.88 Å². The Morgan fingerprint density at radius 2 is 1.28 bits per heavy atom. The molecule has 1 unspecified atom stereocenters. The average Bonchev–Trinajstić information content (AvgIpc) is 3.23. The van der Waals surface area contributed by atoms with Crippen molar-refractivity contribution in [3.05, 3.63) is 145 Å². The highest BCUT2D eigenvalue weighted by molar-refractivity contribution is 6.12. The minimum Gasteiger partial charge on any atom is -0.497 e. The number of benzene rings is 7. The van der Waals surface area contributed by atoms with Crippen molar-refractivity contribution in [3.8, 4) is 17.2 Å². The van der Waals surface area contributed by atoms with Gasteiger partial charge in [-0.2, -0.15) is 0 Å². The van der Waals surface area contributed by atoms with E-state index in [4.69, 9.17) is 9.47 Å². The zero-order valence-electron chi connectivity index (χ0n) is 30.3. The lowest BCUT2D eigenvalue weighted by Gasteiger charge is -2.51. The van der Waals surface area contributed by atoms with Crippen LogP contribution in [0.5, 0.6) is 17.2 Å². The number of pyridine rings is 1. The summed E-state index contributed by atoms with van der Waals surface area (Å²) in [6.45, 7) is 4.55. The van der Waals surface area contributed by atoms with Gasteiger partial charge in [0.25, 0.3) is 0 Å². The molecule has 5 heteroatoms. The number of hydrogen-bond donors (Lipinski definition) is 1. The molecule has 3 aliphatic heterocycles. The minimum atomic E-state index is -0.469. The SMILES string of the molecule is CC[C@H]1CN2CC[C@H]1C[C@@H]2[C@@H](O)c1ccnc2ccc(OC)cc12.c1ccc2c(c1)cc(Oc1cc3ccccc3c3ccccc13)c1ccccc12. The van der Waals surface area contributed by atoms with Gasteiger partial charge in [-0.25, -0.2) is 0 Å². The van der Waals surface area contributed by atoms with Gasteiger partial charge in [-0.3, -0.25) is 9.88 Å². The monoisotopic (exact) mass is 696 g/mol. The molecule has 7 aromatic carbocycles. The fourth-order valence-electron chi connectivity index (χ4n) is 9.04. The molecule has 5 nitrogen and oxygen atoms in total. The molecule has 4 heterocycles. The van der Waals surface area contributed by atoms with Crippen LogP contribution in [0.1, 0.15) is 37.9 Å². The van der Waals surface area contributed by atoms with Gasteiger partial charge in [0.05, 0.1) is 18.7 Å². The van der Waals surface area contributed by atoms with Crippen molar-refractivity contribution in [1.29, 1.82) is 0 Å². The fourth-order valence-corrected chi connectivity index (χ4v) is 9.04. The quantitative estimate of drug-likeness (QED) is 0.175. The molecule has 0 amide bonds. The maximum Gasteiger partial charge on any atom is 0.135 e. The van der Waals surface area contributed by atoms with E-state index in [1.54, 1.807) is 13.3 Å². The Bertz CT molecular complexity index is 2480. The van der Waals surface area contributed by atoms with Gasteiger partial charge < -0.3 is 14.6 Å². The molecule has 1 aromatic heterocycles. The second kappa shape index (κ2) is 14.1. The van der Waals surface area contributed by atoms with Crippen LogP contribution in [-0.4, -0.2) is 41.2 Å². The number of ether oxygens (including phenoxy) is 2. The predicted octanol–water partition coefficient (Wildman–Crippen LogP) is 11.5. The normalized spacial score (nSPS) is 20.1. The fraction of sp³-hybridized carbons (Fsp3) is 0.229. The lowest BCUT2D eigenvalue weighted by Crippen LogP contribution is -2.55. The Morgan fingerprint density at radius 3 is 1.85 bits per heavy atom. The third kappa shape index (κ3) is 6.14. The highest BCUT2D eigenvalue weighted by Gasteiger charge is 2.42. The minimum absolute atomic E-state index is 0.225. The smallest absolute Gasteiger partial charge is 0.135 e. The molecular formula is C48H44N2O3. The molecule has 3 aliphatic rings. The number of aliphatic hydroxyl groups excluding tert-OH is 1. The van der Waals surface area contributed by atoms with Crippen LogP contribution in [-0.2, 0) is 0 Å². The Labute approximate surface area is 310 Å². The molecular weight excluding hydrogens is 653 g/mol. The molecule has 0 saturated carbocycles. The number of rotatable bonds is 6. The summed E-state index contributed by atoms with van der Waals surface area (Å²) >= 11 is 0. The van der Waals surface area contributed by atoms with Crippen molar-refractivity contribution in [2.24, 2.45) is 11.8 Å². The largest absolute Gasteiger partial charge is 0.497 e. The summed E-state index contributed by atoms with van der Waals surface area (Å²) < 4.78 is 12.0. The van der Waals surface area contributed by atoms with E-state index in [2.05, 4.69) is 126 Å². The molecule has 264 valence electrons. The first-order chi connectivity index (χ1) is 26.1. The Morgan fingerprint density at radius 1 is 0.698 bits per heavy atom. The molecule has 5 atom stereocenters. The van der Waals surface area contributed by atoms with Crippen LogP contribution in [0.2, 0.25) is 0 Å². The second-order valence-electron chi connectivity index (χ2n) is 14.6. The van der Waals surface area contributed by atoms with E-state index in [9.17, 15) is 5.11 Å². The van der Waals surface area contributed by atoms with Gasteiger partial charge >= 0.3 is 0 Å². The molecule has 53 heavy (non-hydrogen) atoms. The first-order valence-electron chi connectivity index (χ1n) is 18.9. The average molecular weight is 697 g/mol. The third-order valence-electron chi connectivity index (χ3n) is 11.8. The van der Waals surface area contributed by atoms with Crippen LogP contribution < -0.4 is 9.47 Å². The Hall–Kier alpha value is -5.49. The van der Waals surface area contributed by atoms with E-state index in [-0.39, 0.29) is 6.04 Å².